The van der Waals surface area contributed by atoms with E-state index in [1.54, 1.807) is 30.5 Å². The lowest BCUT2D eigenvalue weighted by molar-refractivity contribution is -0.118. The van der Waals surface area contributed by atoms with Crippen LogP contribution in [-0.2, 0) is 11.3 Å². The molecule has 1 aliphatic rings. The highest BCUT2D eigenvalue weighted by Crippen LogP contribution is 2.26. The van der Waals surface area contributed by atoms with E-state index < -0.39 is 0 Å². The fourth-order valence-electron chi connectivity index (χ4n) is 3.31. The number of hydrogen-bond acceptors (Lipinski definition) is 7. The summed E-state index contributed by atoms with van der Waals surface area (Å²) in [6, 6.07) is 10.9. The summed E-state index contributed by atoms with van der Waals surface area (Å²) in [7, 11) is 0. The average molecular weight is 462 g/mol. The number of aromatic nitrogens is 3. The minimum absolute atomic E-state index is 0.0834. The van der Waals surface area contributed by atoms with E-state index in [9.17, 15) is 4.79 Å². The van der Waals surface area contributed by atoms with Crippen LogP contribution in [-0.4, -0.2) is 52.7 Å². The molecule has 3 heterocycles. The molecule has 1 aliphatic heterocycles. The summed E-state index contributed by atoms with van der Waals surface area (Å²) in [5, 5.41) is 12.9. The first-order chi connectivity index (χ1) is 15.2. The third kappa shape index (κ3) is 5.95. The van der Waals surface area contributed by atoms with E-state index in [1.807, 2.05) is 16.7 Å². The topological polar surface area (TPSA) is 85.4 Å². The van der Waals surface area contributed by atoms with Crippen molar-refractivity contribution < 1.29 is 13.9 Å². The van der Waals surface area contributed by atoms with Crippen LogP contribution in [0.4, 0.5) is 5.95 Å². The number of hydrogen-bond donors (Lipinski definition) is 1. The molecule has 3 aromatic rings. The molecule has 0 radical (unpaired) electrons. The van der Waals surface area contributed by atoms with Crippen LogP contribution < -0.4 is 15.0 Å². The SMILES string of the molecule is O=C(CSc1nnc(N2CCCC2)n1Cc1ccco1)NCCOc1ccc(Cl)cc1. The Morgan fingerprint density at radius 1 is 1.19 bits per heavy atom. The molecular weight excluding hydrogens is 438 g/mol. The van der Waals surface area contributed by atoms with Gasteiger partial charge >= 0.3 is 0 Å². The van der Waals surface area contributed by atoms with Crippen molar-refractivity contribution >= 4 is 35.2 Å². The van der Waals surface area contributed by atoms with Gasteiger partial charge in [0.1, 0.15) is 18.1 Å². The lowest BCUT2D eigenvalue weighted by Crippen LogP contribution is -2.29. The number of rotatable bonds is 10. The highest BCUT2D eigenvalue weighted by atomic mass is 35.5. The number of anilines is 1. The highest BCUT2D eigenvalue weighted by molar-refractivity contribution is 7.99. The molecule has 1 saturated heterocycles. The van der Waals surface area contributed by atoms with E-state index >= 15 is 0 Å². The Morgan fingerprint density at radius 2 is 2.00 bits per heavy atom. The van der Waals surface area contributed by atoms with Gasteiger partial charge in [-0.1, -0.05) is 23.4 Å². The Labute approximate surface area is 189 Å². The van der Waals surface area contributed by atoms with E-state index in [4.69, 9.17) is 20.8 Å². The van der Waals surface area contributed by atoms with Gasteiger partial charge in [-0.3, -0.25) is 9.36 Å². The molecule has 1 fully saturated rings. The molecule has 4 rings (SSSR count). The Bertz CT molecular complexity index is 972. The lowest BCUT2D eigenvalue weighted by Gasteiger charge is -2.17. The van der Waals surface area contributed by atoms with Gasteiger partial charge in [0, 0.05) is 18.1 Å². The molecule has 10 heteroatoms. The number of furan rings is 1. The number of nitrogens with one attached hydrogen (secondary N) is 1. The van der Waals surface area contributed by atoms with E-state index in [0.717, 1.165) is 37.6 Å². The molecule has 0 aliphatic carbocycles. The summed E-state index contributed by atoms with van der Waals surface area (Å²) in [4.78, 5) is 14.5. The van der Waals surface area contributed by atoms with Crippen LogP contribution in [0, 0.1) is 0 Å². The number of benzene rings is 1. The standard InChI is InChI=1S/C21H24ClN5O3S/c22-16-5-7-17(8-6-16)30-13-9-23-19(28)15-31-21-25-24-20(26-10-1-2-11-26)27(21)14-18-4-3-12-29-18/h3-8,12H,1-2,9-11,13-15H2,(H,23,28). The second-order valence-electron chi connectivity index (χ2n) is 7.08. The van der Waals surface area contributed by atoms with Crippen LogP contribution in [0.1, 0.15) is 18.6 Å². The molecule has 31 heavy (non-hydrogen) atoms. The first kappa shape index (κ1) is 21.6. The maximum Gasteiger partial charge on any atom is 0.230 e. The number of nitrogens with zero attached hydrogens (tertiary/aromatic N) is 4. The number of carbonyl (C=O) groups is 1. The number of halogens is 1. The van der Waals surface area contributed by atoms with Gasteiger partial charge in [-0.05, 0) is 49.2 Å². The Morgan fingerprint density at radius 3 is 2.74 bits per heavy atom. The molecule has 2 aromatic heterocycles. The van der Waals surface area contributed by atoms with Crippen LogP contribution >= 0.6 is 23.4 Å². The number of thioether (sulfide) groups is 1. The molecule has 1 aromatic carbocycles. The van der Waals surface area contributed by atoms with Gasteiger partial charge in [0.05, 0.1) is 25.1 Å². The van der Waals surface area contributed by atoms with Crippen LogP contribution in [0.15, 0.2) is 52.2 Å². The second-order valence-corrected chi connectivity index (χ2v) is 8.46. The first-order valence-corrected chi connectivity index (χ1v) is 11.5. The largest absolute Gasteiger partial charge is 0.492 e. The summed E-state index contributed by atoms with van der Waals surface area (Å²) >= 11 is 7.22. The summed E-state index contributed by atoms with van der Waals surface area (Å²) in [5.74, 6) is 2.53. The van der Waals surface area contributed by atoms with Crippen molar-refractivity contribution in [3.63, 3.8) is 0 Å². The van der Waals surface area contributed by atoms with Crippen molar-refractivity contribution in [3.8, 4) is 5.75 Å². The van der Waals surface area contributed by atoms with Crippen molar-refractivity contribution in [2.24, 2.45) is 0 Å². The van der Waals surface area contributed by atoms with Crippen LogP contribution in [0.2, 0.25) is 5.02 Å². The van der Waals surface area contributed by atoms with Gasteiger partial charge in [-0.2, -0.15) is 0 Å². The molecule has 1 amide bonds. The predicted octanol–water partition coefficient (Wildman–Crippen LogP) is 3.46. The van der Waals surface area contributed by atoms with Crippen molar-refractivity contribution in [3.05, 3.63) is 53.4 Å². The van der Waals surface area contributed by atoms with Crippen molar-refractivity contribution in [2.75, 3.05) is 36.9 Å². The fourth-order valence-corrected chi connectivity index (χ4v) is 4.20. The molecule has 1 N–H and O–H groups in total. The minimum Gasteiger partial charge on any atom is -0.492 e. The van der Waals surface area contributed by atoms with E-state index in [2.05, 4.69) is 20.4 Å². The third-order valence-electron chi connectivity index (χ3n) is 4.82. The zero-order chi connectivity index (χ0) is 21.5. The maximum atomic E-state index is 12.3. The normalized spacial score (nSPS) is 13.5. The zero-order valence-electron chi connectivity index (χ0n) is 17.0. The highest BCUT2D eigenvalue weighted by Gasteiger charge is 2.22. The second kappa shape index (κ2) is 10.6. The van der Waals surface area contributed by atoms with E-state index in [1.165, 1.54) is 11.8 Å². The molecule has 0 bridgehead atoms. The molecule has 0 atom stereocenters. The predicted molar refractivity (Wildman–Crippen MR) is 120 cm³/mol. The molecule has 8 nitrogen and oxygen atoms in total. The van der Waals surface area contributed by atoms with Gasteiger partial charge in [0.2, 0.25) is 11.9 Å². The number of amides is 1. The molecule has 0 spiro atoms. The van der Waals surface area contributed by atoms with Crippen LogP contribution in [0.5, 0.6) is 5.75 Å². The van der Waals surface area contributed by atoms with Gasteiger partial charge in [-0.25, -0.2) is 0 Å². The maximum absolute atomic E-state index is 12.3. The molecule has 0 saturated carbocycles. The van der Waals surface area contributed by atoms with E-state index in [0.29, 0.717) is 35.6 Å². The van der Waals surface area contributed by atoms with Gasteiger partial charge < -0.3 is 19.4 Å². The van der Waals surface area contributed by atoms with Gasteiger partial charge in [0.25, 0.3) is 0 Å². The summed E-state index contributed by atoms with van der Waals surface area (Å²) in [5.41, 5.74) is 0. The van der Waals surface area contributed by atoms with Gasteiger partial charge in [0.15, 0.2) is 5.16 Å². The first-order valence-electron chi connectivity index (χ1n) is 10.2. The smallest absolute Gasteiger partial charge is 0.230 e. The fraction of sp³-hybridized carbons (Fsp3) is 0.381. The van der Waals surface area contributed by atoms with Gasteiger partial charge in [-0.15, -0.1) is 10.2 Å². The molecular formula is C21H24ClN5O3S. The quantitative estimate of drug-likeness (QED) is 0.365. The molecule has 164 valence electrons. The summed E-state index contributed by atoms with van der Waals surface area (Å²) < 4.78 is 13.1. The Balaban J connectivity index is 1.29. The average Bonchev–Trinajstić information content (AvgIpc) is 3.54. The van der Waals surface area contributed by atoms with Crippen molar-refractivity contribution in [1.82, 2.24) is 20.1 Å². The monoisotopic (exact) mass is 461 g/mol. The molecule has 0 unspecified atom stereocenters. The third-order valence-corrected chi connectivity index (χ3v) is 6.04. The Kier molecular flexibility index (Phi) is 7.37. The van der Waals surface area contributed by atoms with Crippen molar-refractivity contribution in [2.45, 2.75) is 24.5 Å². The van der Waals surface area contributed by atoms with Crippen molar-refractivity contribution in [1.29, 1.82) is 0 Å². The number of ether oxygens (including phenoxy) is 1. The minimum atomic E-state index is -0.0834. The number of carbonyl (C=O) groups excluding carboxylic acids is 1. The van der Waals surface area contributed by atoms with E-state index in [-0.39, 0.29) is 11.7 Å². The lowest BCUT2D eigenvalue weighted by atomic mass is 10.3. The summed E-state index contributed by atoms with van der Waals surface area (Å²) in [6.07, 6.45) is 3.95. The van der Waals surface area contributed by atoms with Crippen LogP contribution in [0.25, 0.3) is 0 Å². The van der Waals surface area contributed by atoms with Crippen LogP contribution in [0.3, 0.4) is 0 Å². The summed E-state index contributed by atoms with van der Waals surface area (Å²) in [6.45, 7) is 3.26. The Hall–Kier alpha value is -2.65. The zero-order valence-corrected chi connectivity index (χ0v) is 18.6.